The number of hydrogen-bond acceptors (Lipinski definition) is 0. The lowest BCUT2D eigenvalue weighted by Gasteiger charge is -2.09. The number of benzene rings is 3. The van der Waals surface area contributed by atoms with E-state index >= 15 is 0 Å². The van der Waals surface area contributed by atoms with E-state index in [9.17, 15) is 4.39 Å². The highest BCUT2D eigenvalue weighted by atomic mass is 32.2. The van der Waals surface area contributed by atoms with Gasteiger partial charge in [-0.05, 0) is 49.4 Å². The quantitative estimate of drug-likeness (QED) is 0.580. The van der Waals surface area contributed by atoms with E-state index in [1.165, 1.54) is 27.5 Å². The zero-order valence-electron chi connectivity index (χ0n) is 11.8. The summed E-state index contributed by atoms with van der Waals surface area (Å²) < 4.78 is 13.2. The fraction of sp³-hybridized carbons (Fsp3) is 0.0526. The second-order valence-corrected chi connectivity index (χ2v) is 6.83. The Balaban J connectivity index is 2.16. The van der Waals surface area contributed by atoms with E-state index in [0.717, 1.165) is 4.90 Å². The summed E-state index contributed by atoms with van der Waals surface area (Å²) in [6.45, 7) is 2.13. The molecule has 0 aliphatic carbocycles. The molecule has 0 aliphatic rings. The van der Waals surface area contributed by atoms with Crippen molar-refractivity contribution in [2.75, 3.05) is 0 Å². The van der Waals surface area contributed by atoms with Gasteiger partial charge in [-0.3, -0.25) is 0 Å². The summed E-state index contributed by atoms with van der Waals surface area (Å²) in [5.74, 6) is -0.194. The van der Waals surface area contributed by atoms with Gasteiger partial charge < -0.3 is 0 Å². The van der Waals surface area contributed by atoms with Crippen molar-refractivity contribution in [2.24, 2.45) is 0 Å². The van der Waals surface area contributed by atoms with Crippen molar-refractivity contribution in [1.29, 1.82) is 0 Å². The molecule has 0 nitrogen and oxygen atoms in total. The van der Waals surface area contributed by atoms with Crippen molar-refractivity contribution >= 4 is 10.9 Å². The van der Waals surface area contributed by atoms with Gasteiger partial charge in [-0.15, -0.1) is 0 Å². The van der Waals surface area contributed by atoms with Gasteiger partial charge >= 0.3 is 0 Å². The van der Waals surface area contributed by atoms with Crippen LogP contribution in [0.25, 0.3) is 0 Å². The number of hydrogen-bond donors (Lipinski definition) is 0. The topological polar surface area (TPSA) is 0 Å². The Bertz CT molecular complexity index is 720. The first-order chi connectivity index (χ1) is 10.3. The Labute approximate surface area is 127 Å². The standard InChI is InChI=1S/C19H16FS/c1-15-7-5-6-10-19(15)21(17-8-3-2-4-9-17)18-13-11-16(20)12-14-18/h2-14H,1H3/q+1. The van der Waals surface area contributed by atoms with E-state index in [0.29, 0.717) is 0 Å². The number of halogens is 1. The molecule has 3 rings (SSSR count). The summed E-state index contributed by atoms with van der Waals surface area (Å²) >= 11 is 0. The monoisotopic (exact) mass is 295 g/mol. The zero-order valence-corrected chi connectivity index (χ0v) is 12.6. The van der Waals surface area contributed by atoms with E-state index in [-0.39, 0.29) is 16.7 Å². The molecule has 0 heterocycles. The molecule has 21 heavy (non-hydrogen) atoms. The zero-order chi connectivity index (χ0) is 14.7. The molecule has 3 aromatic rings. The minimum Gasteiger partial charge on any atom is -0.207 e. The molecule has 2 heteroatoms. The van der Waals surface area contributed by atoms with Gasteiger partial charge in [0, 0.05) is 5.56 Å². The lowest BCUT2D eigenvalue weighted by atomic mass is 10.2. The first kappa shape index (κ1) is 13.9. The third-order valence-corrected chi connectivity index (χ3v) is 5.73. The molecule has 0 amide bonds. The summed E-state index contributed by atoms with van der Waals surface area (Å²) in [7, 11) is -0.201. The van der Waals surface area contributed by atoms with E-state index in [2.05, 4.69) is 55.5 Å². The van der Waals surface area contributed by atoms with Crippen LogP contribution in [-0.2, 0) is 10.9 Å². The van der Waals surface area contributed by atoms with E-state index in [1.807, 2.05) is 18.2 Å². The molecule has 3 aromatic carbocycles. The van der Waals surface area contributed by atoms with Gasteiger partial charge in [-0.1, -0.05) is 36.4 Å². The van der Waals surface area contributed by atoms with Crippen LogP contribution in [0.15, 0.2) is 93.5 Å². The van der Waals surface area contributed by atoms with Crippen LogP contribution in [0.3, 0.4) is 0 Å². The van der Waals surface area contributed by atoms with Gasteiger partial charge in [0.1, 0.15) is 5.82 Å². The van der Waals surface area contributed by atoms with Gasteiger partial charge in [0.05, 0.1) is 10.9 Å². The van der Waals surface area contributed by atoms with Crippen LogP contribution >= 0.6 is 0 Å². The van der Waals surface area contributed by atoms with Crippen LogP contribution in [0, 0.1) is 12.7 Å². The average Bonchev–Trinajstić information content (AvgIpc) is 2.52. The molecular formula is C19H16FS+. The van der Waals surface area contributed by atoms with Crippen molar-refractivity contribution in [3.8, 4) is 0 Å². The fourth-order valence-corrected chi connectivity index (χ4v) is 4.52. The third kappa shape index (κ3) is 3.01. The van der Waals surface area contributed by atoms with Crippen LogP contribution in [0.4, 0.5) is 4.39 Å². The van der Waals surface area contributed by atoms with Gasteiger partial charge in [0.15, 0.2) is 14.7 Å². The van der Waals surface area contributed by atoms with Crippen LogP contribution in [0.5, 0.6) is 0 Å². The molecular weight excluding hydrogens is 279 g/mol. The normalized spacial score (nSPS) is 12.1. The van der Waals surface area contributed by atoms with Gasteiger partial charge in [-0.2, -0.15) is 0 Å². The lowest BCUT2D eigenvalue weighted by molar-refractivity contribution is 0.626. The highest BCUT2D eigenvalue weighted by molar-refractivity contribution is 7.97. The minimum absolute atomic E-state index is 0.194. The highest BCUT2D eigenvalue weighted by Crippen LogP contribution is 2.32. The largest absolute Gasteiger partial charge is 0.207 e. The second kappa shape index (κ2) is 6.15. The molecule has 0 spiro atoms. The Morgan fingerprint density at radius 2 is 1.24 bits per heavy atom. The maximum absolute atomic E-state index is 13.2. The first-order valence-corrected chi connectivity index (χ1v) is 8.09. The Morgan fingerprint density at radius 3 is 1.90 bits per heavy atom. The molecule has 0 fully saturated rings. The summed E-state index contributed by atoms with van der Waals surface area (Å²) in [4.78, 5) is 3.67. The molecule has 1 atom stereocenters. The molecule has 0 aliphatic heterocycles. The van der Waals surface area contributed by atoms with Crippen LogP contribution in [-0.4, -0.2) is 0 Å². The van der Waals surface area contributed by atoms with Crippen LogP contribution in [0.1, 0.15) is 5.56 Å². The summed E-state index contributed by atoms with van der Waals surface area (Å²) in [5.41, 5.74) is 1.26. The molecule has 0 bridgehead atoms. The molecule has 0 N–H and O–H groups in total. The molecule has 0 saturated carbocycles. The maximum atomic E-state index is 13.2. The average molecular weight is 295 g/mol. The first-order valence-electron chi connectivity index (χ1n) is 6.86. The second-order valence-electron chi connectivity index (χ2n) is 4.84. The third-order valence-electron chi connectivity index (χ3n) is 3.34. The van der Waals surface area contributed by atoms with E-state index in [4.69, 9.17) is 0 Å². The fourth-order valence-electron chi connectivity index (χ4n) is 2.30. The number of rotatable bonds is 3. The molecule has 104 valence electrons. The Hall–Kier alpha value is -2.06. The van der Waals surface area contributed by atoms with Gasteiger partial charge in [-0.25, -0.2) is 4.39 Å². The summed E-state index contributed by atoms with van der Waals surface area (Å²) in [6, 6.07) is 25.7. The van der Waals surface area contributed by atoms with Crippen molar-refractivity contribution in [3.05, 3.63) is 90.2 Å². The smallest absolute Gasteiger partial charge is 0.169 e. The van der Waals surface area contributed by atoms with Crippen molar-refractivity contribution in [3.63, 3.8) is 0 Å². The Morgan fingerprint density at radius 1 is 0.667 bits per heavy atom. The van der Waals surface area contributed by atoms with Crippen LogP contribution < -0.4 is 0 Å². The predicted octanol–water partition coefficient (Wildman–Crippen LogP) is 5.23. The van der Waals surface area contributed by atoms with Crippen molar-refractivity contribution < 1.29 is 4.39 Å². The predicted molar refractivity (Wildman–Crippen MR) is 86.2 cm³/mol. The lowest BCUT2D eigenvalue weighted by Crippen LogP contribution is -2.06. The van der Waals surface area contributed by atoms with E-state index in [1.54, 1.807) is 0 Å². The summed E-state index contributed by atoms with van der Waals surface area (Å²) in [5, 5.41) is 0. The SMILES string of the molecule is Cc1ccccc1[S+](c1ccccc1)c1ccc(F)cc1. The molecule has 0 saturated heterocycles. The van der Waals surface area contributed by atoms with Gasteiger partial charge in [0.25, 0.3) is 0 Å². The summed E-state index contributed by atoms with van der Waals surface area (Å²) in [6.07, 6.45) is 0. The van der Waals surface area contributed by atoms with E-state index < -0.39 is 0 Å². The highest BCUT2D eigenvalue weighted by Gasteiger charge is 2.29. The molecule has 1 unspecified atom stereocenters. The van der Waals surface area contributed by atoms with Crippen molar-refractivity contribution in [2.45, 2.75) is 21.6 Å². The Kier molecular flexibility index (Phi) is 4.07. The van der Waals surface area contributed by atoms with Crippen molar-refractivity contribution in [1.82, 2.24) is 0 Å². The molecule has 0 radical (unpaired) electrons. The maximum Gasteiger partial charge on any atom is 0.169 e. The van der Waals surface area contributed by atoms with Gasteiger partial charge in [0.2, 0.25) is 0 Å². The molecule has 0 aromatic heterocycles. The number of aryl methyl sites for hydroxylation is 1. The minimum atomic E-state index is -0.201. The van der Waals surface area contributed by atoms with Crippen LogP contribution in [0.2, 0.25) is 0 Å².